The third-order valence-corrected chi connectivity index (χ3v) is 2.77. The molecule has 0 amide bonds. The van der Waals surface area contributed by atoms with Crippen LogP contribution >= 0.6 is 11.6 Å². The van der Waals surface area contributed by atoms with Crippen molar-refractivity contribution in [1.29, 1.82) is 0 Å². The monoisotopic (exact) mass is 200 g/mol. The lowest BCUT2D eigenvalue weighted by molar-refractivity contribution is 0.566. The van der Waals surface area contributed by atoms with Gasteiger partial charge in [0.25, 0.3) is 0 Å². The summed E-state index contributed by atoms with van der Waals surface area (Å²) in [6.07, 6.45) is 6.24. The van der Waals surface area contributed by atoms with Crippen molar-refractivity contribution in [1.82, 2.24) is 9.78 Å². The van der Waals surface area contributed by atoms with E-state index in [-0.39, 0.29) is 0 Å². The highest BCUT2D eigenvalue weighted by atomic mass is 35.5. The van der Waals surface area contributed by atoms with Crippen molar-refractivity contribution < 1.29 is 0 Å². The van der Waals surface area contributed by atoms with E-state index < -0.39 is 0 Å². The fourth-order valence-corrected chi connectivity index (χ4v) is 1.65. The lowest BCUT2D eigenvalue weighted by Crippen LogP contribution is -2.04. The van der Waals surface area contributed by atoms with E-state index >= 15 is 0 Å². The van der Waals surface area contributed by atoms with Crippen LogP contribution < -0.4 is 0 Å². The Balaban J connectivity index is 2.52. The van der Waals surface area contributed by atoms with Gasteiger partial charge in [-0.2, -0.15) is 5.10 Å². The van der Waals surface area contributed by atoms with Gasteiger partial charge >= 0.3 is 0 Å². The van der Waals surface area contributed by atoms with Crippen molar-refractivity contribution in [2.45, 2.75) is 33.2 Å². The molecule has 74 valence electrons. The van der Waals surface area contributed by atoms with Gasteiger partial charge in [0.05, 0.1) is 6.20 Å². The van der Waals surface area contributed by atoms with E-state index in [1.165, 1.54) is 5.56 Å². The van der Waals surface area contributed by atoms with Crippen molar-refractivity contribution in [3.8, 4) is 0 Å². The van der Waals surface area contributed by atoms with Crippen molar-refractivity contribution in [3.63, 3.8) is 0 Å². The first-order chi connectivity index (χ1) is 6.30. The SMILES string of the molecule is CCC(CCl)Cc1cnn(CC)c1. The molecule has 0 saturated carbocycles. The van der Waals surface area contributed by atoms with Gasteiger partial charge in [0, 0.05) is 18.6 Å². The minimum Gasteiger partial charge on any atom is -0.273 e. The molecule has 0 aromatic carbocycles. The van der Waals surface area contributed by atoms with E-state index in [2.05, 4.69) is 25.1 Å². The zero-order valence-corrected chi connectivity index (χ0v) is 9.09. The fourth-order valence-electron chi connectivity index (χ4n) is 1.33. The van der Waals surface area contributed by atoms with Crippen molar-refractivity contribution in [2.75, 3.05) is 5.88 Å². The first kappa shape index (κ1) is 10.6. The molecule has 1 rings (SSSR count). The van der Waals surface area contributed by atoms with Crippen LogP contribution in [0, 0.1) is 5.92 Å². The molecule has 0 saturated heterocycles. The quantitative estimate of drug-likeness (QED) is 0.669. The predicted octanol–water partition coefficient (Wildman–Crippen LogP) is 2.71. The van der Waals surface area contributed by atoms with E-state index in [1.54, 1.807) is 0 Å². The average molecular weight is 201 g/mol. The Bertz CT molecular complexity index is 241. The third kappa shape index (κ3) is 3.03. The zero-order chi connectivity index (χ0) is 9.68. The Morgan fingerprint density at radius 3 is 2.77 bits per heavy atom. The Morgan fingerprint density at radius 2 is 2.31 bits per heavy atom. The van der Waals surface area contributed by atoms with Crippen molar-refractivity contribution in [2.24, 2.45) is 5.92 Å². The Kier molecular flexibility index (Phi) is 4.29. The molecular weight excluding hydrogens is 184 g/mol. The summed E-state index contributed by atoms with van der Waals surface area (Å²) >= 11 is 5.83. The summed E-state index contributed by atoms with van der Waals surface area (Å²) in [5.41, 5.74) is 1.30. The van der Waals surface area contributed by atoms with Crippen LogP contribution in [0.5, 0.6) is 0 Å². The number of alkyl halides is 1. The number of nitrogens with zero attached hydrogens (tertiary/aromatic N) is 2. The van der Waals surface area contributed by atoms with Crippen LogP contribution in [0.25, 0.3) is 0 Å². The fraction of sp³-hybridized carbons (Fsp3) is 0.700. The van der Waals surface area contributed by atoms with E-state index in [4.69, 9.17) is 11.6 Å². The van der Waals surface area contributed by atoms with Gasteiger partial charge in [-0.3, -0.25) is 4.68 Å². The topological polar surface area (TPSA) is 17.8 Å². The second-order valence-corrected chi connectivity index (χ2v) is 3.65. The molecule has 0 fully saturated rings. The summed E-state index contributed by atoms with van der Waals surface area (Å²) < 4.78 is 1.95. The molecule has 0 N–H and O–H groups in total. The number of rotatable bonds is 5. The van der Waals surface area contributed by atoms with Gasteiger partial charge in [-0.1, -0.05) is 13.3 Å². The van der Waals surface area contributed by atoms with Crippen molar-refractivity contribution in [3.05, 3.63) is 18.0 Å². The van der Waals surface area contributed by atoms with Gasteiger partial charge in [-0.15, -0.1) is 11.6 Å². The standard InChI is InChI=1S/C10H17ClN2/c1-3-9(6-11)5-10-7-12-13(4-2)8-10/h7-9H,3-6H2,1-2H3. The zero-order valence-electron chi connectivity index (χ0n) is 8.33. The molecule has 3 heteroatoms. The maximum Gasteiger partial charge on any atom is 0.0521 e. The number of aryl methyl sites for hydroxylation is 1. The summed E-state index contributed by atoms with van der Waals surface area (Å²) in [6.45, 7) is 5.21. The van der Waals surface area contributed by atoms with Crippen LogP contribution in [0.15, 0.2) is 12.4 Å². The first-order valence-corrected chi connectivity index (χ1v) is 5.40. The maximum absolute atomic E-state index is 5.83. The van der Waals surface area contributed by atoms with E-state index in [0.717, 1.165) is 25.3 Å². The molecule has 0 bridgehead atoms. The molecule has 0 aliphatic carbocycles. The van der Waals surface area contributed by atoms with E-state index in [9.17, 15) is 0 Å². The highest BCUT2D eigenvalue weighted by Crippen LogP contribution is 2.12. The maximum atomic E-state index is 5.83. The number of hydrogen-bond acceptors (Lipinski definition) is 1. The average Bonchev–Trinajstić information content (AvgIpc) is 2.61. The summed E-state index contributed by atoms with van der Waals surface area (Å²) in [5.74, 6) is 1.34. The van der Waals surface area contributed by atoms with Crippen LogP contribution in [0.3, 0.4) is 0 Å². The summed E-state index contributed by atoms with van der Waals surface area (Å²) in [6, 6.07) is 0. The van der Waals surface area contributed by atoms with Crippen LogP contribution in [-0.2, 0) is 13.0 Å². The Hall–Kier alpha value is -0.500. The highest BCUT2D eigenvalue weighted by Gasteiger charge is 2.07. The molecule has 0 radical (unpaired) electrons. The molecule has 0 spiro atoms. The first-order valence-electron chi connectivity index (χ1n) is 4.87. The second kappa shape index (κ2) is 5.28. The summed E-state index contributed by atoms with van der Waals surface area (Å²) in [5, 5.41) is 4.23. The number of aromatic nitrogens is 2. The number of halogens is 1. The Labute approximate surface area is 84.9 Å². The molecule has 1 aromatic rings. The smallest absolute Gasteiger partial charge is 0.0521 e. The lowest BCUT2D eigenvalue weighted by Gasteiger charge is -2.08. The highest BCUT2D eigenvalue weighted by molar-refractivity contribution is 6.18. The van der Waals surface area contributed by atoms with Crippen LogP contribution in [0.4, 0.5) is 0 Å². The van der Waals surface area contributed by atoms with Crippen LogP contribution in [0.2, 0.25) is 0 Å². The molecule has 0 aliphatic rings. The molecule has 1 unspecified atom stereocenters. The Morgan fingerprint density at radius 1 is 1.54 bits per heavy atom. The largest absolute Gasteiger partial charge is 0.273 e. The minimum absolute atomic E-state index is 0.594. The summed E-state index contributed by atoms with van der Waals surface area (Å²) in [4.78, 5) is 0. The molecule has 2 nitrogen and oxygen atoms in total. The molecule has 13 heavy (non-hydrogen) atoms. The molecule has 1 atom stereocenters. The molecule has 1 heterocycles. The van der Waals surface area contributed by atoms with Crippen molar-refractivity contribution >= 4 is 11.6 Å². The predicted molar refractivity (Wildman–Crippen MR) is 56.1 cm³/mol. The van der Waals surface area contributed by atoms with Gasteiger partial charge in [0.1, 0.15) is 0 Å². The normalized spacial score (nSPS) is 13.2. The van der Waals surface area contributed by atoms with Gasteiger partial charge in [0.2, 0.25) is 0 Å². The molecule has 1 aromatic heterocycles. The van der Waals surface area contributed by atoms with Gasteiger partial charge in [-0.25, -0.2) is 0 Å². The number of hydrogen-bond donors (Lipinski definition) is 0. The minimum atomic E-state index is 0.594. The van der Waals surface area contributed by atoms with Gasteiger partial charge < -0.3 is 0 Å². The lowest BCUT2D eigenvalue weighted by atomic mass is 10.0. The summed E-state index contributed by atoms with van der Waals surface area (Å²) in [7, 11) is 0. The molecular formula is C10H17ClN2. The van der Waals surface area contributed by atoms with Gasteiger partial charge in [0.15, 0.2) is 0 Å². The van der Waals surface area contributed by atoms with E-state index in [0.29, 0.717) is 5.92 Å². The van der Waals surface area contributed by atoms with Crippen LogP contribution in [0.1, 0.15) is 25.8 Å². The second-order valence-electron chi connectivity index (χ2n) is 3.34. The third-order valence-electron chi connectivity index (χ3n) is 2.33. The van der Waals surface area contributed by atoms with Gasteiger partial charge in [-0.05, 0) is 24.8 Å². The molecule has 0 aliphatic heterocycles. The van der Waals surface area contributed by atoms with E-state index in [1.807, 2.05) is 10.9 Å². The van der Waals surface area contributed by atoms with Crippen LogP contribution in [-0.4, -0.2) is 15.7 Å².